The van der Waals surface area contributed by atoms with Gasteiger partial charge in [-0.3, -0.25) is 0 Å². The Morgan fingerprint density at radius 3 is 2.19 bits per heavy atom. The predicted molar refractivity (Wildman–Crippen MR) is 59.9 cm³/mol. The van der Waals surface area contributed by atoms with Gasteiger partial charge in [0.15, 0.2) is 17.5 Å². The molecule has 2 N–H and O–H groups in total. The number of hydrogen-bond donors (Lipinski definition) is 1. The monoisotopic (exact) mass is 251 g/mol. The predicted octanol–water partition coefficient (Wildman–Crippen LogP) is 3.49. The highest BCUT2D eigenvalue weighted by Gasteiger charge is 2.14. The fourth-order valence-corrected chi connectivity index (χ4v) is 1.25. The van der Waals surface area contributed by atoms with Crippen molar-refractivity contribution in [3.05, 3.63) is 47.8 Å². The molecule has 0 heterocycles. The zero-order chi connectivity index (χ0) is 11.4. The van der Waals surface area contributed by atoms with Gasteiger partial charge in [-0.25, -0.2) is 13.2 Å². The van der Waals surface area contributed by atoms with Crippen molar-refractivity contribution < 1.29 is 13.2 Å². The second kappa shape index (κ2) is 6.55. The highest BCUT2D eigenvalue weighted by Crippen LogP contribution is 2.20. The Morgan fingerprint density at radius 1 is 1.25 bits per heavy atom. The van der Waals surface area contributed by atoms with Crippen molar-refractivity contribution in [3.63, 3.8) is 0 Å². The van der Waals surface area contributed by atoms with Crippen LogP contribution in [0.25, 0.3) is 0 Å². The quantitative estimate of drug-likeness (QED) is 0.643. The van der Waals surface area contributed by atoms with Crippen molar-refractivity contribution in [2.75, 3.05) is 0 Å². The van der Waals surface area contributed by atoms with Crippen molar-refractivity contribution in [2.45, 2.75) is 18.9 Å². The van der Waals surface area contributed by atoms with Crippen molar-refractivity contribution >= 4 is 12.4 Å². The van der Waals surface area contributed by atoms with Crippen molar-refractivity contribution in [1.29, 1.82) is 0 Å². The van der Waals surface area contributed by atoms with Gasteiger partial charge in [0.25, 0.3) is 0 Å². The first-order chi connectivity index (χ1) is 7.06. The van der Waals surface area contributed by atoms with Crippen LogP contribution in [0.5, 0.6) is 0 Å². The molecule has 0 amide bonds. The summed E-state index contributed by atoms with van der Waals surface area (Å²) in [7, 11) is 0. The minimum absolute atomic E-state index is 0. The summed E-state index contributed by atoms with van der Waals surface area (Å²) in [4.78, 5) is 0. The maximum Gasteiger partial charge on any atom is 0.194 e. The molecular weight excluding hydrogens is 239 g/mol. The van der Waals surface area contributed by atoms with Crippen LogP contribution >= 0.6 is 12.4 Å². The second-order valence-electron chi connectivity index (χ2n) is 3.27. The lowest BCUT2D eigenvalue weighted by molar-refractivity contribution is 0.443. The number of benzene rings is 1. The third-order valence-electron chi connectivity index (χ3n) is 2.12. The maximum atomic E-state index is 12.8. The lowest BCUT2D eigenvalue weighted by Crippen LogP contribution is -2.11. The summed E-state index contributed by atoms with van der Waals surface area (Å²) in [5.41, 5.74) is 5.92. The van der Waals surface area contributed by atoms with Crippen LogP contribution in [0.2, 0.25) is 0 Å². The summed E-state index contributed by atoms with van der Waals surface area (Å²) in [6, 6.07) is 1.34. The number of rotatable bonds is 4. The third-order valence-corrected chi connectivity index (χ3v) is 2.12. The first kappa shape index (κ1) is 15.0. The SMILES string of the molecule is C=CCC[C@H](N)c1cc(F)c(F)c(F)c1.Cl. The van der Waals surface area contributed by atoms with Gasteiger partial charge in [-0.1, -0.05) is 6.08 Å². The molecule has 0 saturated heterocycles. The molecule has 90 valence electrons. The lowest BCUT2D eigenvalue weighted by atomic mass is 10.0. The Balaban J connectivity index is 0.00000225. The molecule has 5 heteroatoms. The molecule has 0 fully saturated rings. The summed E-state index contributed by atoms with van der Waals surface area (Å²) in [6.07, 6.45) is 2.83. The molecule has 0 radical (unpaired) electrons. The van der Waals surface area contributed by atoms with Crippen molar-refractivity contribution in [3.8, 4) is 0 Å². The summed E-state index contributed by atoms with van der Waals surface area (Å²) in [6.45, 7) is 3.51. The Kier molecular flexibility index (Phi) is 6.14. The van der Waals surface area contributed by atoms with Crippen LogP contribution in [0.3, 0.4) is 0 Å². The van der Waals surface area contributed by atoms with E-state index in [9.17, 15) is 13.2 Å². The van der Waals surface area contributed by atoms with Gasteiger partial charge in [-0.2, -0.15) is 0 Å². The summed E-state index contributed by atoms with van der Waals surface area (Å²) < 4.78 is 38.3. The highest BCUT2D eigenvalue weighted by molar-refractivity contribution is 5.85. The average Bonchev–Trinajstić information content (AvgIpc) is 2.21. The van der Waals surface area contributed by atoms with Crippen LogP contribution < -0.4 is 5.73 Å². The largest absolute Gasteiger partial charge is 0.324 e. The molecule has 0 aromatic heterocycles. The minimum atomic E-state index is -1.46. The number of hydrogen-bond acceptors (Lipinski definition) is 1. The van der Waals surface area contributed by atoms with Gasteiger partial charge in [0.1, 0.15) is 0 Å². The molecule has 1 aromatic rings. The molecule has 0 saturated carbocycles. The fourth-order valence-electron chi connectivity index (χ4n) is 1.25. The van der Waals surface area contributed by atoms with Gasteiger partial charge >= 0.3 is 0 Å². The molecule has 1 nitrogen and oxygen atoms in total. The van der Waals surface area contributed by atoms with E-state index in [1.54, 1.807) is 6.08 Å². The molecule has 0 aliphatic rings. The minimum Gasteiger partial charge on any atom is -0.324 e. The lowest BCUT2D eigenvalue weighted by Gasteiger charge is -2.11. The molecule has 1 atom stereocenters. The second-order valence-corrected chi connectivity index (χ2v) is 3.27. The first-order valence-corrected chi connectivity index (χ1v) is 4.57. The third kappa shape index (κ3) is 3.54. The first-order valence-electron chi connectivity index (χ1n) is 4.57. The number of halogens is 4. The van der Waals surface area contributed by atoms with Crippen LogP contribution in [0.1, 0.15) is 24.4 Å². The van der Waals surface area contributed by atoms with E-state index in [-0.39, 0.29) is 18.0 Å². The Hall–Kier alpha value is -1.00. The topological polar surface area (TPSA) is 26.0 Å². The van der Waals surface area contributed by atoms with Crippen LogP contribution in [-0.4, -0.2) is 0 Å². The molecule has 0 spiro atoms. The van der Waals surface area contributed by atoms with Gasteiger partial charge in [-0.05, 0) is 30.5 Å². The van der Waals surface area contributed by atoms with Crippen molar-refractivity contribution in [2.24, 2.45) is 5.73 Å². The molecule has 1 rings (SSSR count). The van der Waals surface area contributed by atoms with Crippen LogP contribution in [0.15, 0.2) is 24.8 Å². The standard InChI is InChI=1S/C11H12F3N.ClH/c1-2-3-4-10(15)7-5-8(12)11(14)9(13)6-7;/h2,5-6,10H,1,3-4,15H2;1H/t10-;/m0./s1. The molecule has 0 bridgehead atoms. The van der Waals surface area contributed by atoms with Gasteiger partial charge in [0.05, 0.1) is 0 Å². The van der Waals surface area contributed by atoms with E-state index in [1.807, 2.05) is 0 Å². The zero-order valence-electron chi connectivity index (χ0n) is 8.55. The highest BCUT2D eigenvalue weighted by atomic mass is 35.5. The van der Waals surface area contributed by atoms with E-state index in [0.29, 0.717) is 12.8 Å². The number of nitrogens with two attached hydrogens (primary N) is 1. The van der Waals surface area contributed by atoms with E-state index in [0.717, 1.165) is 12.1 Å². The van der Waals surface area contributed by atoms with Gasteiger partial charge in [-0.15, -0.1) is 19.0 Å². The van der Waals surface area contributed by atoms with Gasteiger partial charge < -0.3 is 5.73 Å². The molecule has 16 heavy (non-hydrogen) atoms. The Labute approximate surface area is 98.6 Å². The Morgan fingerprint density at radius 2 is 1.75 bits per heavy atom. The van der Waals surface area contributed by atoms with Gasteiger partial charge in [0.2, 0.25) is 0 Å². The Bertz CT molecular complexity index is 345. The van der Waals surface area contributed by atoms with Crippen molar-refractivity contribution in [1.82, 2.24) is 0 Å². The van der Waals surface area contributed by atoms with E-state index < -0.39 is 23.5 Å². The van der Waals surface area contributed by atoms with Crippen LogP contribution in [0, 0.1) is 17.5 Å². The summed E-state index contributed by atoms with van der Waals surface area (Å²) in [5, 5.41) is 0. The average molecular weight is 252 g/mol. The van der Waals surface area contributed by atoms with E-state index in [1.165, 1.54) is 0 Å². The molecule has 0 unspecified atom stereocenters. The maximum absolute atomic E-state index is 12.8. The molecule has 0 aliphatic heterocycles. The molecule has 0 aliphatic carbocycles. The molecular formula is C11H13ClF3N. The van der Waals surface area contributed by atoms with Gasteiger partial charge in [0, 0.05) is 6.04 Å². The van der Waals surface area contributed by atoms with E-state index >= 15 is 0 Å². The smallest absolute Gasteiger partial charge is 0.194 e. The zero-order valence-corrected chi connectivity index (χ0v) is 9.37. The van der Waals surface area contributed by atoms with E-state index in [2.05, 4.69) is 6.58 Å². The van der Waals surface area contributed by atoms with Crippen LogP contribution in [-0.2, 0) is 0 Å². The fraction of sp³-hybridized carbons (Fsp3) is 0.273. The normalized spacial score (nSPS) is 11.8. The number of allylic oxidation sites excluding steroid dienone is 1. The van der Waals surface area contributed by atoms with Crippen LogP contribution in [0.4, 0.5) is 13.2 Å². The summed E-state index contributed by atoms with van der Waals surface area (Å²) in [5.74, 6) is -3.88. The summed E-state index contributed by atoms with van der Waals surface area (Å²) >= 11 is 0. The molecule has 1 aromatic carbocycles. The van der Waals surface area contributed by atoms with E-state index in [4.69, 9.17) is 5.73 Å².